The minimum absolute atomic E-state index is 0.0494. The molecule has 5 nitrogen and oxygen atoms in total. The predicted molar refractivity (Wildman–Crippen MR) is 127 cm³/mol. The number of anilines is 2. The van der Waals surface area contributed by atoms with Gasteiger partial charge in [0.05, 0.1) is 11.3 Å². The number of hydrogen-bond acceptors (Lipinski definition) is 6. The van der Waals surface area contributed by atoms with Crippen LogP contribution in [0.15, 0.2) is 59.6 Å². The molecular formula is C24H26F3N5S. The molecule has 0 amide bonds. The molecule has 0 saturated heterocycles. The molecule has 3 heterocycles. The monoisotopic (exact) mass is 473 g/mol. The van der Waals surface area contributed by atoms with Crippen molar-refractivity contribution in [3.05, 3.63) is 65.7 Å². The Morgan fingerprint density at radius 1 is 0.970 bits per heavy atom. The maximum Gasteiger partial charge on any atom is 0.418 e. The van der Waals surface area contributed by atoms with E-state index in [0.717, 1.165) is 43.3 Å². The fourth-order valence-corrected chi connectivity index (χ4v) is 4.56. The lowest BCUT2D eigenvalue weighted by Crippen LogP contribution is -2.31. The molecule has 1 aromatic carbocycles. The molecule has 0 fully saturated rings. The molecule has 0 unspecified atom stereocenters. The van der Waals surface area contributed by atoms with E-state index >= 15 is 0 Å². The largest absolute Gasteiger partial charge is 0.418 e. The molecule has 9 heteroatoms. The molecule has 2 aromatic heterocycles. The molecule has 0 aliphatic carbocycles. The number of fused-ring (bicyclic) bond motifs is 6. The van der Waals surface area contributed by atoms with Crippen LogP contribution in [0.25, 0.3) is 11.3 Å². The second-order valence-electron chi connectivity index (χ2n) is 7.87. The predicted octanol–water partition coefficient (Wildman–Crippen LogP) is 5.77. The van der Waals surface area contributed by atoms with E-state index in [1.54, 1.807) is 12.1 Å². The van der Waals surface area contributed by atoms with Gasteiger partial charge in [-0.15, -0.1) is 0 Å². The molecule has 3 aromatic rings. The number of hydrogen-bond donors (Lipinski definition) is 2. The number of alkyl halides is 3. The number of aromatic nitrogens is 2. The van der Waals surface area contributed by atoms with Crippen molar-refractivity contribution < 1.29 is 13.2 Å². The lowest BCUT2D eigenvalue weighted by atomic mass is 9.96. The molecule has 3 N–H and O–H groups in total. The standard InChI is InChI=1S/C24H26F3N5S/c25-24(26,27)19-12-13-20-29-23(19)18-9-4-3-8-17(18)7-2-1-5-15-32(16-14-28)21-10-6-11-22(30-21)33-31-20/h3-4,6,8-13H,1-2,5,7,14-16,28H2,(H,29,31). The fourth-order valence-electron chi connectivity index (χ4n) is 3.95. The van der Waals surface area contributed by atoms with Crippen molar-refractivity contribution >= 4 is 23.6 Å². The van der Waals surface area contributed by atoms with Crippen LogP contribution in [0.5, 0.6) is 0 Å². The molecule has 0 saturated carbocycles. The maximum atomic E-state index is 13.8. The van der Waals surface area contributed by atoms with Crippen LogP contribution < -0.4 is 15.4 Å². The Bertz CT molecular complexity index is 1090. The number of rotatable bonds is 2. The molecule has 0 atom stereocenters. The van der Waals surface area contributed by atoms with Crippen molar-refractivity contribution in [1.29, 1.82) is 0 Å². The molecule has 33 heavy (non-hydrogen) atoms. The highest BCUT2D eigenvalue weighted by atomic mass is 32.2. The molecule has 4 rings (SSSR count). The number of pyridine rings is 2. The third-order valence-electron chi connectivity index (χ3n) is 5.54. The summed E-state index contributed by atoms with van der Waals surface area (Å²) in [6.45, 7) is 2.07. The van der Waals surface area contributed by atoms with Crippen LogP contribution in [-0.2, 0) is 12.6 Å². The van der Waals surface area contributed by atoms with Crippen molar-refractivity contribution in [2.45, 2.75) is 36.9 Å². The number of benzene rings is 1. The molecule has 0 spiro atoms. The molecule has 0 radical (unpaired) electrons. The van der Waals surface area contributed by atoms with Gasteiger partial charge in [0.25, 0.3) is 0 Å². The number of nitrogens with two attached hydrogens (primary N) is 1. The van der Waals surface area contributed by atoms with E-state index in [0.29, 0.717) is 35.9 Å². The first kappa shape index (κ1) is 23.4. The molecule has 4 bridgehead atoms. The number of halogens is 3. The quantitative estimate of drug-likeness (QED) is 0.461. The lowest BCUT2D eigenvalue weighted by Gasteiger charge is -2.24. The van der Waals surface area contributed by atoms with Crippen LogP contribution >= 0.6 is 11.9 Å². The Hall–Kier alpha value is -2.78. The SMILES string of the molecule is NCCN1CCCCCc2ccccc2-c2nc(ccc2C(F)(F)F)NSc2cccc1n2. The zero-order valence-electron chi connectivity index (χ0n) is 18.1. The van der Waals surface area contributed by atoms with Gasteiger partial charge >= 0.3 is 6.18 Å². The van der Waals surface area contributed by atoms with Crippen LogP contribution in [0.2, 0.25) is 0 Å². The highest BCUT2D eigenvalue weighted by Crippen LogP contribution is 2.38. The summed E-state index contributed by atoms with van der Waals surface area (Å²) in [5, 5.41) is 0.699. The molecular weight excluding hydrogens is 447 g/mol. The summed E-state index contributed by atoms with van der Waals surface area (Å²) >= 11 is 1.22. The Morgan fingerprint density at radius 2 is 1.82 bits per heavy atom. The third kappa shape index (κ3) is 5.78. The van der Waals surface area contributed by atoms with E-state index in [4.69, 9.17) is 10.7 Å². The van der Waals surface area contributed by atoms with Crippen LogP contribution in [0.1, 0.15) is 30.4 Å². The fraction of sp³-hybridized carbons (Fsp3) is 0.333. The summed E-state index contributed by atoms with van der Waals surface area (Å²) in [6, 6.07) is 15.4. The van der Waals surface area contributed by atoms with Gasteiger partial charge in [-0.3, -0.25) is 0 Å². The summed E-state index contributed by atoms with van der Waals surface area (Å²) in [4.78, 5) is 11.3. The number of nitrogens with one attached hydrogen (secondary N) is 1. The Balaban J connectivity index is 1.75. The van der Waals surface area contributed by atoms with E-state index in [9.17, 15) is 13.2 Å². The lowest BCUT2D eigenvalue weighted by molar-refractivity contribution is -0.137. The van der Waals surface area contributed by atoms with Crippen LogP contribution in [0.3, 0.4) is 0 Å². The van der Waals surface area contributed by atoms with Gasteiger partial charge in [-0.1, -0.05) is 36.8 Å². The van der Waals surface area contributed by atoms with Gasteiger partial charge in [0.15, 0.2) is 0 Å². The Kier molecular flexibility index (Phi) is 7.39. The average molecular weight is 474 g/mol. The molecule has 1 aliphatic rings. The van der Waals surface area contributed by atoms with E-state index in [1.807, 2.05) is 30.3 Å². The van der Waals surface area contributed by atoms with Gasteiger partial charge in [0, 0.05) is 37.1 Å². The van der Waals surface area contributed by atoms with Crippen LogP contribution in [0, 0.1) is 0 Å². The second-order valence-corrected chi connectivity index (χ2v) is 8.70. The van der Waals surface area contributed by atoms with Crippen LogP contribution in [0.4, 0.5) is 24.8 Å². The van der Waals surface area contributed by atoms with E-state index < -0.39 is 11.7 Å². The first-order valence-corrected chi connectivity index (χ1v) is 11.8. The zero-order chi connectivity index (χ0) is 23.3. The van der Waals surface area contributed by atoms with Gasteiger partial charge in [0.1, 0.15) is 16.7 Å². The van der Waals surface area contributed by atoms with Gasteiger partial charge in [-0.05, 0) is 49.1 Å². The summed E-state index contributed by atoms with van der Waals surface area (Å²) in [5.74, 6) is 1.18. The van der Waals surface area contributed by atoms with Gasteiger partial charge in [-0.2, -0.15) is 13.2 Å². The molecule has 174 valence electrons. The average Bonchev–Trinajstić information content (AvgIpc) is 2.81. The van der Waals surface area contributed by atoms with Gasteiger partial charge in [0.2, 0.25) is 0 Å². The van der Waals surface area contributed by atoms with Crippen molar-refractivity contribution in [2.75, 3.05) is 29.3 Å². The summed E-state index contributed by atoms with van der Waals surface area (Å²) in [6.07, 6.45) is -1.04. The topological polar surface area (TPSA) is 67.1 Å². The first-order chi connectivity index (χ1) is 16.0. The Morgan fingerprint density at radius 3 is 2.64 bits per heavy atom. The van der Waals surface area contributed by atoms with E-state index in [2.05, 4.69) is 14.6 Å². The summed E-state index contributed by atoms with van der Waals surface area (Å²) < 4.78 is 44.5. The van der Waals surface area contributed by atoms with Crippen LogP contribution in [-0.4, -0.2) is 29.6 Å². The van der Waals surface area contributed by atoms with Crippen molar-refractivity contribution in [1.82, 2.24) is 9.97 Å². The maximum absolute atomic E-state index is 13.8. The van der Waals surface area contributed by atoms with Gasteiger partial charge < -0.3 is 15.4 Å². The van der Waals surface area contributed by atoms with Crippen molar-refractivity contribution in [3.8, 4) is 11.3 Å². The highest BCUT2D eigenvalue weighted by molar-refractivity contribution is 8.00. The highest BCUT2D eigenvalue weighted by Gasteiger charge is 2.35. The van der Waals surface area contributed by atoms with E-state index in [1.165, 1.54) is 18.0 Å². The zero-order valence-corrected chi connectivity index (χ0v) is 18.9. The summed E-state index contributed by atoms with van der Waals surface area (Å²) in [5.41, 5.74) is 6.43. The Labute approximate surface area is 195 Å². The van der Waals surface area contributed by atoms with Crippen molar-refractivity contribution in [2.24, 2.45) is 5.73 Å². The third-order valence-corrected chi connectivity index (χ3v) is 6.29. The van der Waals surface area contributed by atoms with Gasteiger partial charge in [-0.25, -0.2) is 9.97 Å². The minimum atomic E-state index is -4.50. The van der Waals surface area contributed by atoms with E-state index in [-0.39, 0.29) is 5.69 Å². The second kappa shape index (κ2) is 10.4. The summed E-state index contributed by atoms with van der Waals surface area (Å²) in [7, 11) is 0. The number of aryl methyl sites for hydroxylation is 1. The first-order valence-electron chi connectivity index (χ1n) is 11.0. The normalized spacial score (nSPS) is 15.0. The minimum Gasteiger partial charge on any atom is -0.355 e. The smallest absolute Gasteiger partial charge is 0.355 e. The van der Waals surface area contributed by atoms with Crippen molar-refractivity contribution in [3.63, 3.8) is 0 Å². The number of nitrogens with zero attached hydrogens (tertiary/aromatic N) is 3. The molecule has 1 aliphatic heterocycles.